The van der Waals surface area contributed by atoms with Gasteiger partial charge in [0.1, 0.15) is 0 Å². The molecule has 186 valence electrons. The Kier molecular flexibility index (Phi) is 8.73. The van der Waals surface area contributed by atoms with Gasteiger partial charge in [0.05, 0.1) is 11.1 Å². The van der Waals surface area contributed by atoms with Crippen LogP contribution in [0, 0.1) is 0 Å². The van der Waals surface area contributed by atoms with Gasteiger partial charge in [-0.1, -0.05) is 88.3 Å². The van der Waals surface area contributed by atoms with Gasteiger partial charge in [0.15, 0.2) is 0 Å². The third kappa shape index (κ3) is 4.69. The van der Waals surface area contributed by atoms with Gasteiger partial charge in [-0.15, -0.1) is 0 Å². The van der Waals surface area contributed by atoms with Gasteiger partial charge in [-0.05, 0) is 66.7 Å². The zero-order valence-corrected chi connectivity index (χ0v) is 20.9. The molecule has 0 saturated carbocycles. The Morgan fingerprint density at radius 1 is 0.500 bits per heavy atom. The van der Waals surface area contributed by atoms with Crippen LogP contribution in [0.1, 0.15) is 20.7 Å². The third-order valence-electron chi connectivity index (χ3n) is 6.61. The van der Waals surface area contributed by atoms with Crippen molar-refractivity contribution in [2.75, 3.05) is 0 Å². The fourth-order valence-electron chi connectivity index (χ4n) is 4.95. The van der Waals surface area contributed by atoms with Gasteiger partial charge in [-0.25, -0.2) is 9.59 Å². The van der Waals surface area contributed by atoms with Gasteiger partial charge < -0.3 is 9.29 Å². The molecular formula is C32H27KO4S. The molecule has 1 N–H and O–H groups in total. The molecule has 0 aliphatic carbocycles. The summed E-state index contributed by atoms with van der Waals surface area (Å²) in [6, 6.07) is 45.4. The topological polar surface area (TPSA) is 63.6 Å². The van der Waals surface area contributed by atoms with E-state index in [0.29, 0.717) is 0 Å². The fourth-order valence-corrected chi connectivity index (χ4v) is 10.6. The summed E-state index contributed by atoms with van der Waals surface area (Å²) in [5.41, 5.74) is 0.196. The summed E-state index contributed by atoms with van der Waals surface area (Å²) in [5.74, 6) is -1.70. The van der Waals surface area contributed by atoms with Gasteiger partial charge in [-0.3, -0.25) is 0 Å². The predicted octanol–water partition coefficient (Wildman–Crippen LogP) is 7.12. The van der Waals surface area contributed by atoms with E-state index in [1.54, 1.807) is 12.1 Å². The Balaban J connectivity index is 0.00000336. The van der Waals surface area contributed by atoms with Crippen molar-refractivity contribution in [1.82, 2.24) is 0 Å². The van der Waals surface area contributed by atoms with Gasteiger partial charge in [0.25, 0.3) is 0 Å². The Bertz CT molecular complexity index is 1370. The molecule has 0 amide bonds. The SMILES string of the molecule is O=C(O)c1cccc(C(=O)O[SH](c2ccccc2)(c2ccccc2)(c2ccccc2)c2ccccc2)c1.[KH]. The first-order valence-corrected chi connectivity index (χ1v) is 14.0. The van der Waals surface area contributed by atoms with Crippen LogP contribution < -0.4 is 0 Å². The maximum absolute atomic E-state index is 14.2. The van der Waals surface area contributed by atoms with E-state index in [1.807, 2.05) is 121 Å². The van der Waals surface area contributed by atoms with Crippen molar-refractivity contribution in [3.63, 3.8) is 0 Å². The zero-order valence-electron chi connectivity index (χ0n) is 20.0. The summed E-state index contributed by atoms with van der Waals surface area (Å²) in [6.07, 6.45) is 0. The number of carboxylic acids is 1. The van der Waals surface area contributed by atoms with E-state index in [0.717, 1.165) is 19.6 Å². The van der Waals surface area contributed by atoms with Gasteiger partial charge in [0, 0.05) is 19.6 Å². The number of thiol groups is 1. The van der Waals surface area contributed by atoms with Crippen LogP contribution in [0.5, 0.6) is 0 Å². The molecule has 4 nitrogen and oxygen atoms in total. The van der Waals surface area contributed by atoms with Crippen molar-refractivity contribution in [3.05, 3.63) is 157 Å². The summed E-state index contributed by atoms with van der Waals surface area (Å²) in [4.78, 5) is 29.3. The van der Waals surface area contributed by atoms with Gasteiger partial charge >= 0.3 is 63.3 Å². The van der Waals surface area contributed by atoms with Crippen LogP contribution in [-0.4, -0.2) is 68.4 Å². The molecule has 6 heteroatoms. The molecule has 5 aromatic rings. The molecular weight excluding hydrogens is 520 g/mol. The molecule has 0 saturated heterocycles. The maximum atomic E-state index is 14.2. The van der Waals surface area contributed by atoms with E-state index in [1.165, 1.54) is 12.1 Å². The quantitative estimate of drug-likeness (QED) is 0.169. The molecule has 5 rings (SSSR count). The minimum absolute atomic E-state index is 0. The first-order valence-electron chi connectivity index (χ1n) is 11.9. The summed E-state index contributed by atoms with van der Waals surface area (Å²) in [5, 5.41) is 9.54. The van der Waals surface area contributed by atoms with Crippen molar-refractivity contribution in [3.8, 4) is 0 Å². The number of carbonyl (C=O) groups excluding carboxylic acids is 1. The van der Waals surface area contributed by atoms with Crippen molar-refractivity contribution in [1.29, 1.82) is 0 Å². The van der Waals surface area contributed by atoms with Crippen LogP contribution in [-0.2, 0) is 4.18 Å². The second-order valence-electron chi connectivity index (χ2n) is 8.64. The summed E-state index contributed by atoms with van der Waals surface area (Å²) in [7, 11) is -4.17. The van der Waals surface area contributed by atoms with Crippen LogP contribution >= 0.6 is 9.44 Å². The second-order valence-corrected chi connectivity index (χ2v) is 13.0. The van der Waals surface area contributed by atoms with Gasteiger partial charge in [-0.2, -0.15) is 0 Å². The number of carboxylic acid groups (broad SMARTS) is 1. The van der Waals surface area contributed by atoms with Crippen LogP contribution in [0.25, 0.3) is 0 Å². The van der Waals surface area contributed by atoms with Crippen LogP contribution in [0.3, 0.4) is 0 Å². The first kappa shape index (κ1) is 28.0. The number of carbonyl (C=O) groups is 2. The molecule has 0 spiro atoms. The summed E-state index contributed by atoms with van der Waals surface area (Å²) in [6.45, 7) is 0. The number of hydrogen-bond acceptors (Lipinski definition) is 3. The average molecular weight is 547 g/mol. The monoisotopic (exact) mass is 546 g/mol. The average Bonchev–Trinajstić information content (AvgIpc) is 2.98. The molecule has 0 unspecified atom stereocenters. The second kappa shape index (κ2) is 11.8. The van der Waals surface area contributed by atoms with Crippen LogP contribution in [0.2, 0.25) is 0 Å². The van der Waals surface area contributed by atoms with Crippen molar-refractivity contribution < 1.29 is 18.9 Å². The number of rotatable bonds is 7. The molecule has 0 aliphatic rings. The molecule has 0 atom stereocenters. The number of benzene rings is 5. The van der Waals surface area contributed by atoms with Crippen LogP contribution in [0.4, 0.5) is 0 Å². The van der Waals surface area contributed by atoms with Crippen molar-refractivity contribution in [2.24, 2.45) is 0 Å². The summed E-state index contributed by atoms with van der Waals surface area (Å²) >= 11 is 0. The molecule has 0 aromatic heterocycles. The van der Waals surface area contributed by atoms with E-state index in [9.17, 15) is 14.7 Å². The molecule has 0 heterocycles. The van der Waals surface area contributed by atoms with E-state index >= 15 is 0 Å². The number of aromatic carboxylic acids is 1. The van der Waals surface area contributed by atoms with Crippen LogP contribution in [0.15, 0.2) is 165 Å². The molecule has 0 bridgehead atoms. The van der Waals surface area contributed by atoms with E-state index < -0.39 is 21.4 Å². The third-order valence-corrected chi connectivity index (χ3v) is 12.3. The minimum atomic E-state index is -4.17. The van der Waals surface area contributed by atoms with Gasteiger partial charge in [0.2, 0.25) is 0 Å². The Labute approximate surface area is 265 Å². The molecule has 0 aliphatic heterocycles. The Hall–Kier alpha value is -2.97. The number of hydrogen-bond donors (Lipinski definition) is 2. The molecule has 5 aromatic carbocycles. The predicted molar refractivity (Wildman–Crippen MR) is 154 cm³/mol. The van der Waals surface area contributed by atoms with Crippen molar-refractivity contribution >= 4 is 72.8 Å². The fraction of sp³-hybridized carbons (Fsp3) is 0. The molecule has 0 radical (unpaired) electrons. The van der Waals surface area contributed by atoms with Crippen molar-refractivity contribution in [2.45, 2.75) is 19.6 Å². The Morgan fingerprint density at radius 2 is 0.842 bits per heavy atom. The Morgan fingerprint density at radius 3 is 1.18 bits per heavy atom. The standard InChI is InChI=1S/C32H26O4S.K.H/c33-31(34)25-14-13-15-26(24-25)32(35)36-37(27-16-5-1-6-17-27,28-18-7-2-8-19-28,29-20-9-3-10-21-29)30-22-11-4-12-23-30;;/h1-24,37H,(H,33,34);;. The molecule has 0 fully saturated rings. The normalized spacial score (nSPS) is 11.8. The first-order chi connectivity index (χ1) is 18.1. The zero-order chi connectivity index (χ0) is 25.7. The molecule has 38 heavy (non-hydrogen) atoms. The van der Waals surface area contributed by atoms with E-state index in [4.69, 9.17) is 4.18 Å². The van der Waals surface area contributed by atoms with E-state index in [-0.39, 0.29) is 62.5 Å². The summed E-state index contributed by atoms with van der Waals surface area (Å²) < 4.78 is 6.99. The van der Waals surface area contributed by atoms with E-state index in [2.05, 4.69) is 0 Å².